The predicted octanol–water partition coefficient (Wildman–Crippen LogP) is 3.05. The summed E-state index contributed by atoms with van der Waals surface area (Å²) in [5, 5.41) is 5.22. The summed E-state index contributed by atoms with van der Waals surface area (Å²) >= 11 is 5.71. The van der Waals surface area contributed by atoms with Gasteiger partial charge in [0.05, 0.1) is 7.89 Å². The topological polar surface area (TPSA) is 38.9 Å². The smallest absolute Gasteiger partial charge is 0.0943 e. The van der Waals surface area contributed by atoms with Crippen molar-refractivity contribution in [1.29, 1.82) is 0 Å². The van der Waals surface area contributed by atoms with Gasteiger partial charge in [-0.2, -0.15) is 0 Å². The number of hydrogen-bond acceptors (Lipinski definition) is 4. The zero-order valence-electron chi connectivity index (χ0n) is 7.31. The lowest BCUT2D eigenvalue weighted by molar-refractivity contribution is 0.721. The summed E-state index contributed by atoms with van der Waals surface area (Å²) in [5.41, 5.74) is 7.29. The van der Waals surface area contributed by atoms with Crippen LogP contribution in [0.5, 0.6) is 0 Å². The summed E-state index contributed by atoms with van der Waals surface area (Å²) in [6.45, 7) is 0. The highest BCUT2D eigenvalue weighted by Crippen LogP contribution is 2.23. The molecule has 2 aromatic heterocycles. The molecular weight excluding hydrogens is 327 g/mol. The first kappa shape index (κ1) is 10.5. The van der Waals surface area contributed by atoms with E-state index in [9.17, 15) is 0 Å². The second-order valence-corrected chi connectivity index (χ2v) is 6.71. The highest BCUT2D eigenvalue weighted by Gasteiger charge is 2.10. The molecule has 2 N–H and O–H groups in total. The molecule has 14 heavy (non-hydrogen) atoms. The van der Waals surface area contributed by atoms with E-state index in [2.05, 4.69) is 39.0 Å². The molecule has 0 aliphatic heterocycles. The number of rotatable bonds is 3. The molecule has 2 aromatic rings. The molecule has 0 radical (unpaired) electrons. The van der Waals surface area contributed by atoms with Crippen LogP contribution in [0.4, 0.5) is 0 Å². The summed E-state index contributed by atoms with van der Waals surface area (Å²) in [7, 11) is 0. The van der Waals surface area contributed by atoms with E-state index in [1.165, 1.54) is 8.45 Å². The third-order valence-corrected chi connectivity index (χ3v) is 4.50. The zero-order valence-corrected chi connectivity index (χ0v) is 11.1. The van der Waals surface area contributed by atoms with Gasteiger partial charge >= 0.3 is 0 Å². The fourth-order valence-electron chi connectivity index (χ4n) is 1.18. The molecule has 0 saturated heterocycles. The zero-order chi connectivity index (χ0) is 9.97. The Hall–Kier alpha value is 0.0200. The van der Waals surface area contributed by atoms with Gasteiger partial charge in [0, 0.05) is 24.0 Å². The Bertz CT molecular complexity index is 397. The first-order valence-electron chi connectivity index (χ1n) is 4.13. The van der Waals surface area contributed by atoms with Gasteiger partial charge in [0.1, 0.15) is 0 Å². The van der Waals surface area contributed by atoms with Crippen molar-refractivity contribution >= 4 is 45.3 Å². The van der Waals surface area contributed by atoms with E-state index >= 15 is 0 Å². The first-order chi connectivity index (χ1) is 6.75. The fourth-order valence-corrected chi connectivity index (χ4v) is 3.29. The number of nitrogens with two attached hydrogens (primary N) is 1. The molecule has 74 valence electrons. The molecule has 0 fully saturated rings. The van der Waals surface area contributed by atoms with Crippen LogP contribution in [0.2, 0.25) is 0 Å². The number of halogens is 1. The normalized spacial score (nSPS) is 13.0. The maximum atomic E-state index is 6.07. The minimum absolute atomic E-state index is 0.0842. The van der Waals surface area contributed by atoms with Gasteiger partial charge in [-0.15, -0.1) is 22.7 Å². The average molecular weight is 336 g/mol. The van der Waals surface area contributed by atoms with E-state index in [1.54, 1.807) is 22.7 Å². The van der Waals surface area contributed by atoms with Crippen LogP contribution >= 0.6 is 45.3 Å². The number of nitrogens with zero attached hydrogens (tertiary/aromatic N) is 1. The van der Waals surface area contributed by atoms with Crippen LogP contribution < -0.4 is 5.73 Å². The predicted molar refractivity (Wildman–Crippen MR) is 69.8 cm³/mol. The van der Waals surface area contributed by atoms with Gasteiger partial charge in [-0.05, 0) is 39.6 Å². The number of thiazole rings is 1. The van der Waals surface area contributed by atoms with Crippen LogP contribution in [0, 0.1) is 2.88 Å². The summed E-state index contributed by atoms with van der Waals surface area (Å²) in [4.78, 5) is 4.23. The van der Waals surface area contributed by atoms with Gasteiger partial charge in [0.2, 0.25) is 0 Å². The van der Waals surface area contributed by atoms with Gasteiger partial charge in [-0.1, -0.05) is 0 Å². The van der Waals surface area contributed by atoms with E-state index in [4.69, 9.17) is 5.73 Å². The Kier molecular flexibility index (Phi) is 3.53. The van der Waals surface area contributed by atoms with E-state index in [-0.39, 0.29) is 6.04 Å². The van der Waals surface area contributed by atoms with Gasteiger partial charge in [-0.25, -0.2) is 4.98 Å². The van der Waals surface area contributed by atoms with Gasteiger partial charge < -0.3 is 5.73 Å². The van der Waals surface area contributed by atoms with E-state index in [0.717, 1.165) is 11.4 Å². The molecule has 2 rings (SSSR count). The van der Waals surface area contributed by atoms with Crippen LogP contribution in [0.3, 0.4) is 0 Å². The van der Waals surface area contributed by atoms with E-state index in [1.807, 2.05) is 11.6 Å². The van der Waals surface area contributed by atoms with Crippen LogP contribution in [-0.4, -0.2) is 4.98 Å². The fraction of sp³-hybridized carbons (Fsp3) is 0.222. The van der Waals surface area contributed by atoms with Gasteiger partial charge in [0.25, 0.3) is 0 Å². The lowest BCUT2D eigenvalue weighted by Crippen LogP contribution is -2.12. The van der Waals surface area contributed by atoms with Crippen molar-refractivity contribution in [2.24, 2.45) is 5.73 Å². The lowest BCUT2D eigenvalue weighted by atomic mass is 10.1. The van der Waals surface area contributed by atoms with Crippen molar-refractivity contribution in [2.75, 3.05) is 0 Å². The second kappa shape index (κ2) is 4.69. The van der Waals surface area contributed by atoms with Crippen molar-refractivity contribution in [3.05, 3.63) is 36.5 Å². The maximum absolute atomic E-state index is 6.07. The van der Waals surface area contributed by atoms with Crippen molar-refractivity contribution in [3.63, 3.8) is 0 Å². The molecule has 0 amide bonds. The molecule has 0 spiro atoms. The monoisotopic (exact) mass is 336 g/mol. The first-order valence-corrected chi connectivity index (χ1v) is 6.97. The summed E-state index contributed by atoms with van der Waals surface area (Å²) in [6.07, 6.45) is 2.66. The molecule has 5 heteroatoms. The second-order valence-electron chi connectivity index (χ2n) is 2.92. The maximum Gasteiger partial charge on any atom is 0.0943 e. The van der Waals surface area contributed by atoms with Crippen LogP contribution in [-0.2, 0) is 6.42 Å². The molecule has 0 aliphatic carbocycles. The Morgan fingerprint density at radius 3 is 2.93 bits per heavy atom. The lowest BCUT2D eigenvalue weighted by Gasteiger charge is -2.06. The van der Waals surface area contributed by atoms with E-state index < -0.39 is 0 Å². The third-order valence-electron chi connectivity index (χ3n) is 1.89. The third kappa shape index (κ3) is 2.53. The number of aromatic nitrogens is 1. The van der Waals surface area contributed by atoms with Gasteiger partial charge in [-0.3, -0.25) is 0 Å². The molecule has 2 heterocycles. The van der Waals surface area contributed by atoms with Crippen molar-refractivity contribution < 1.29 is 0 Å². The largest absolute Gasteiger partial charge is 0.324 e. The van der Waals surface area contributed by atoms with Crippen molar-refractivity contribution in [2.45, 2.75) is 12.5 Å². The summed E-state index contributed by atoms with van der Waals surface area (Å²) < 4.78 is 1.28. The molecular formula is C9H9IN2S2. The van der Waals surface area contributed by atoms with Gasteiger partial charge in [0.15, 0.2) is 0 Å². The highest BCUT2D eigenvalue weighted by molar-refractivity contribution is 14.1. The minimum atomic E-state index is 0.0842. The van der Waals surface area contributed by atoms with Crippen LogP contribution in [0.25, 0.3) is 0 Å². The summed E-state index contributed by atoms with van der Waals surface area (Å²) in [5.74, 6) is 0. The Balaban J connectivity index is 2.06. The standard InChI is InChI=1S/C9H9IN2S2/c10-8-3-6(5-14-8)7(11)4-9-12-1-2-13-9/h1-3,5,7H,4,11H2. The van der Waals surface area contributed by atoms with Crippen LogP contribution in [0.15, 0.2) is 23.0 Å². The quantitative estimate of drug-likeness (QED) is 0.875. The van der Waals surface area contributed by atoms with E-state index in [0.29, 0.717) is 0 Å². The number of hydrogen-bond donors (Lipinski definition) is 1. The Labute approximate surface area is 104 Å². The molecule has 0 bridgehead atoms. The average Bonchev–Trinajstić information content (AvgIpc) is 2.75. The molecule has 1 atom stereocenters. The van der Waals surface area contributed by atoms with Crippen molar-refractivity contribution in [1.82, 2.24) is 4.98 Å². The minimum Gasteiger partial charge on any atom is -0.324 e. The Morgan fingerprint density at radius 1 is 1.50 bits per heavy atom. The summed E-state index contributed by atoms with van der Waals surface area (Å²) in [6, 6.07) is 2.23. The molecule has 0 aliphatic rings. The number of thiophene rings is 1. The molecule has 0 saturated carbocycles. The highest BCUT2D eigenvalue weighted by atomic mass is 127. The molecule has 0 aromatic carbocycles. The van der Waals surface area contributed by atoms with Crippen LogP contribution in [0.1, 0.15) is 16.6 Å². The van der Waals surface area contributed by atoms with Crippen molar-refractivity contribution in [3.8, 4) is 0 Å². The molecule has 2 nitrogen and oxygen atoms in total. The molecule has 1 unspecified atom stereocenters. The Morgan fingerprint density at radius 2 is 2.36 bits per heavy atom. The SMILES string of the molecule is NC(Cc1nccs1)c1csc(I)c1.